The van der Waals surface area contributed by atoms with Gasteiger partial charge in [0.05, 0.1) is 34.2 Å². The molecule has 0 atom stereocenters. The molecule has 1 heterocycles. The van der Waals surface area contributed by atoms with Gasteiger partial charge >= 0.3 is 5.97 Å². The highest BCUT2D eigenvalue weighted by Gasteiger charge is 2.27. The molecule has 3 aromatic rings. The van der Waals surface area contributed by atoms with Gasteiger partial charge in [0.2, 0.25) is 5.90 Å². The molecule has 0 amide bonds. The van der Waals surface area contributed by atoms with Crippen LogP contribution in [0.15, 0.2) is 71.4 Å². The number of non-ortho nitro benzene ring substituents is 1. The van der Waals surface area contributed by atoms with Crippen molar-refractivity contribution in [3.63, 3.8) is 0 Å². The number of esters is 1. The van der Waals surface area contributed by atoms with E-state index in [9.17, 15) is 14.9 Å². The first-order valence-corrected chi connectivity index (χ1v) is 11.1. The van der Waals surface area contributed by atoms with Crippen molar-refractivity contribution in [2.75, 3.05) is 13.7 Å². The Morgan fingerprint density at radius 1 is 1.09 bits per heavy atom. The molecule has 4 rings (SSSR count). The van der Waals surface area contributed by atoms with Crippen LogP contribution >= 0.6 is 23.2 Å². The molecule has 1 aliphatic heterocycles. The lowest BCUT2D eigenvalue weighted by atomic mass is 10.1. The first-order valence-electron chi connectivity index (χ1n) is 10.4. The molecule has 0 spiro atoms. The zero-order valence-corrected chi connectivity index (χ0v) is 19.9. The molecule has 0 bridgehead atoms. The van der Waals surface area contributed by atoms with Gasteiger partial charge in [-0.3, -0.25) is 10.1 Å². The molecule has 0 fully saturated rings. The molecular formula is C25H18Cl2N2O6. The second-order valence-corrected chi connectivity index (χ2v) is 8.19. The van der Waals surface area contributed by atoms with Gasteiger partial charge in [0.15, 0.2) is 17.2 Å². The Balaban J connectivity index is 1.55. The molecule has 0 aromatic heterocycles. The lowest BCUT2D eigenvalue weighted by Crippen LogP contribution is -2.06. The van der Waals surface area contributed by atoms with Gasteiger partial charge in [0.25, 0.3) is 5.69 Å². The van der Waals surface area contributed by atoms with E-state index in [1.807, 2.05) is 30.3 Å². The fourth-order valence-corrected chi connectivity index (χ4v) is 3.88. The van der Waals surface area contributed by atoms with Gasteiger partial charge in [-0.15, -0.1) is 0 Å². The second kappa shape index (κ2) is 10.6. The second-order valence-electron chi connectivity index (χ2n) is 7.38. The van der Waals surface area contributed by atoms with Crippen LogP contribution < -0.4 is 9.47 Å². The Labute approximate surface area is 210 Å². The number of carbonyl (C=O) groups excluding carboxylic acids is 1. The molecule has 178 valence electrons. The zero-order valence-electron chi connectivity index (χ0n) is 18.4. The number of cyclic esters (lactones) is 1. The van der Waals surface area contributed by atoms with Crippen LogP contribution in [-0.2, 0) is 16.0 Å². The fraction of sp³-hybridized carbons (Fsp3) is 0.120. The van der Waals surface area contributed by atoms with Gasteiger partial charge in [-0.1, -0.05) is 53.5 Å². The summed E-state index contributed by atoms with van der Waals surface area (Å²) in [5.74, 6) is 0.0299. The predicted octanol–water partition coefficient (Wildman–Crippen LogP) is 5.88. The topological polar surface area (TPSA) is 100 Å². The van der Waals surface area contributed by atoms with E-state index in [1.165, 1.54) is 25.3 Å². The van der Waals surface area contributed by atoms with Gasteiger partial charge in [-0.2, -0.15) is 0 Å². The first kappa shape index (κ1) is 24.3. The van der Waals surface area contributed by atoms with Gasteiger partial charge in [-0.05, 0) is 35.4 Å². The molecule has 0 saturated heterocycles. The number of nitro groups is 1. The SMILES string of the molecule is COc1cc(/C=C2\N=C(c3ccc([N+](=O)[O-])cc3Cl)OC2=O)cc(Cl)c1OCCc1ccccc1. The minimum Gasteiger partial charge on any atom is -0.493 e. The number of rotatable bonds is 8. The minimum absolute atomic E-state index is 0.00489. The largest absolute Gasteiger partial charge is 0.493 e. The molecule has 0 saturated carbocycles. The number of ether oxygens (including phenoxy) is 3. The Morgan fingerprint density at radius 3 is 2.54 bits per heavy atom. The summed E-state index contributed by atoms with van der Waals surface area (Å²) in [6.07, 6.45) is 2.18. The van der Waals surface area contributed by atoms with Crippen molar-refractivity contribution in [3.05, 3.63) is 103 Å². The van der Waals surface area contributed by atoms with Gasteiger partial charge < -0.3 is 14.2 Å². The molecule has 0 unspecified atom stereocenters. The van der Waals surface area contributed by atoms with Gasteiger partial charge in [0, 0.05) is 18.6 Å². The molecule has 1 aliphatic rings. The summed E-state index contributed by atoms with van der Waals surface area (Å²) < 4.78 is 16.5. The lowest BCUT2D eigenvalue weighted by Gasteiger charge is -2.13. The third kappa shape index (κ3) is 5.62. The van der Waals surface area contributed by atoms with E-state index < -0.39 is 10.9 Å². The van der Waals surface area contributed by atoms with Crippen LogP contribution in [0.3, 0.4) is 0 Å². The van der Waals surface area contributed by atoms with E-state index >= 15 is 0 Å². The average molecular weight is 513 g/mol. The summed E-state index contributed by atoms with van der Waals surface area (Å²) in [6.45, 7) is 0.399. The Hall–Kier alpha value is -3.88. The third-order valence-corrected chi connectivity index (χ3v) is 5.64. The Bertz CT molecular complexity index is 1360. The summed E-state index contributed by atoms with van der Waals surface area (Å²) >= 11 is 12.6. The fourth-order valence-electron chi connectivity index (χ4n) is 3.35. The molecular weight excluding hydrogens is 495 g/mol. The minimum atomic E-state index is -0.701. The van der Waals surface area contributed by atoms with Crippen LogP contribution in [0.2, 0.25) is 10.0 Å². The van der Waals surface area contributed by atoms with Crippen LogP contribution in [0.5, 0.6) is 11.5 Å². The molecule has 8 nitrogen and oxygen atoms in total. The number of benzene rings is 3. The standard InChI is InChI=1S/C25H18Cl2N2O6/c1-33-22-13-16(11-20(27)23(22)34-10-9-15-5-3-2-4-6-15)12-21-25(30)35-24(28-21)18-8-7-17(29(31)32)14-19(18)26/h2-8,11-14H,9-10H2,1H3/b21-12-. The molecule has 0 radical (unpaired) electrons. The summed E-state index contributed by atoms with van der Waals surface area (Å²) in [4.78, 5) is 26.9. The first-order chi connectivity index (χ1) is 16.9. The number of hydrogen-bond acceptors (Lipinski definition) is 7. The number of nitro benzene ring substituents is 1. The molecule has 0 N–H and O–H groups in total. The van der Waals surface area contributed by atoms with E-state index in [4.69, 9.17) is 37.4 Å². The van der Waals surface area contributed by atoms with Crippen LogP contribution in [0.1, 0.15) is 16.7 Å². The Morgan fingerprint density at radius 2 is 1.86 bits per heavy atom. The molecule has 35 heavy (non-hydrogen) atoms. The van der Waals surface area contributed by atoms with Crippen LogP contribution in [-0.4, -0.2) is 30.5 Å². The molecule has 3 aromatic carbocycles. The molecule has 0 aliphatic carbocycles. The van der Waals surface area contributed by atoms with E-state index in [-0.39, 0.29) is 27.9 Å². The highest BCUT2D eigenvalue weighted by molar-refractivity contribution is 6.35. The van der Waals surface area contributed by atoms with Crippen molar-refractivity contribution in [1.29, 1.82) is 0 Å². The van der Waals surface area contributed by atoms with E-state index in [2.05, 4.69) is 4.99 Å². The van der Waals surface area contributed by atoms with E-state index in [1.54, 1.807) is 12.1 Å². The highest BCUT2D eigenvalue weighted by atomic mass is 35.5. The number of halogens is 2. The lowest BCUT2D eigenvalue weighted by molar-refractivity contribution is -0.384. The van der Waals surface area contributed by atoms with Crippen LogP contribution in [0, 0.1) is 10.1 Å². The van der Waals surface area contributed by atoms with Crippen molar-refractivity contribution in [1.82, 2.24) is 0 Å². The number of hydrogen-bond donors (Lipinski definition) is 0. The highest BCUT2D eigenvalue weighted by Crippen LogP contribution is 2.37. The van der Waals surface area contributed by atoms with E-state index in [0.717, 1.165) is 11.6 Å². The number of aliphatic imine (C=N–C) groups is 1. The summed E-state index contributed by atoms with van der Waals surface area (Å²) in [5, 5.41) is 11.3. The maximum Gasteiger partial charge on any atom is 0.363 e. The average Bonchev–Trinajstić information content (AvgIpc) is 3.20. The third-order valence-electron chi connectivity index (χ3n) is 5.05. The van der Waals surface area contributed by atoms with Crippen molar-refractivity contribution < 1.29 is 23.9 Å². The van der Waals surface area contributed by atoms with Gasteiger partial charge in [0.1, 0.15) is 0 Å². The van der Waals surface area contributed by atoms with Crippen molar-refractivity contribution in [2.45, 2.75) is 6.42 Å². The molecule has 10 heteroatoms. The van der Waals surface area contributed by atoms with Crippen LogP contribution in [0.4, 0.5) is 5.69 Å². The van der Waals surface area contributed by atoms with Gasteiger partial charge in [-0.25, -0.2) is 9.79 Å². The summed E-state index contributed by atoms with van der Waals surface area (Å²) in [7, 11) is 1.49. The van der Waals surface area contributed by atoms with Crippen molar-refractivity contribution in [2.24, 2.45) is 4.99 Å². The van der Waals surface area contributed by atoms with Crippen molar-refractivity contribution in [3.8, 4) is 11.5 Å². The maximum atomic E-state index is 12.4. The number of nitrogens with zero attached hydrogens (tertiary/aromatic N) is 2. The Kier molecular flexibility index (Phi) is 7.33. The predicted molar refractivity (Wildman–Crippen MR) is 132 cm³/mol. The van der Waals surface area contributed by atoms with E-state index in [0.29, 0.717) is 35.1 Å². The number of methoxy groups -OCH3 is 1. The zero-order chi connectivity index (χ0) is 24.9. The summed E-state index contributed by atoms with van der Waals surface area (Å²) in [5.41, 5.74) is 1.74. The monoisotopic (exact) mass is 512 g/mol. The number of carbonyl (C=O) groups is 1. The van der Waals surface area contributed by atoms with Crippen molar-refractivity contribution >= 4 is 46.8 Å². The summed E-state index contributed by atoms with van der Waals surface area (Å²) in [6, 6.07) is 17.0. The van der Waals surface area contributed by atoms with Crippen LogP contribution in [0.25, 0.3) is 6.08 Å². The maximum absolute atomic E-state index is 12.4. The quantitative estimate of drug-likeness (QED) is 0.162. The smallest absolute Gasteiger partial charge is 0.363 e. The normalized spacial score (nSPS) is 14.0.